The minimum atomic E-state index is -1.23. The Morgan fingerprint density at radius 1 is 1.22 bits per heavy atom. The van der Waals surface area contributed by atoms with Crippen molar-refractivity contribution in [1.29, 1.82) is 0 Å². The predicted molar refractivity (Wildman–Crippen MR) is 62.2 cm³/mol. The van der Waals surface area contributed by atoms with E-state index in [4.69, 9.17) is 14.9 Å². The van der Waals surface area contributed by atoms with Crippen LogP contribution >= 0.6 is 0 Å². The van der Waals surface area contributed by atoms with E-state index in [-0.39, 0.29) is 19.3 Å². The Morgan fingerprint density at radius 2 is 1.89 bits per heavy atom. The smallest absolute Gasteiger partial charge is 0.326 e. The number of carboxylic acid groups (broad SMARTS) is 2. The monoisotopic (exact) mass is 261 g/mol. The first-order valence-electron chi connectivity index (χ1n) is 5.79. The first-order chi connectivity index (χ1) is 8.47. The van der Waals surface area contributed by atoms with Crippen LogP contribution in [0.25, 0.3) is 0 Å². The number of hydrogen-bond donors (Lipinski definition) is 3. The number of amides is 1. The van der Waals surface area contributed by atoms with Crippen LogP contribution in [0.15, 0.2) is 0 Å². The number of carboxylic acids is 2. The molecule has 0 aromatic heterocycles. The van der Waals surface area contributed by atoms with Gasteiger partial charge in [-0.1, -0.05) is 0 Å². The zero-order valence-corrected chi connectivity index (χ0v) is 10.3. The van der Waals surface area contributed by atoms with Gasteiger partial charge in [0.1, 0.15) is 6.04 Å². The van der Waals surface area contributed by atoms with Crippen molar-refractivity contribution in [2.24, 2.45) is 0 Å². The molecule has 0 aliphatic carbocycles. The number of rotatable bonds is 10. The molecular formula is C11H19NO6. The van der Waals surface area contributed by atoms with E-state index in [9.17, 15) is 14.4 Å². The second-order valence-corrected chi connectivity index (χ2v) is 3.69. The van der Waals surface area contributed by atoms with E-state index >= 15 is 0 Å². The SMILES string of the molecule is CCOCCCC(=O)N[C@@H](CCC(=O)O)C(=O)O. The van der Waals surface area contributed by atoms with E-state index in [0.29, 0.717) is 19.6 Å². The maximum atomic E-state index is 11.4. The third-order valence-corrected chi connectivity index (χ3v) is 2.18. The van der Waals surface area contributed by atoms with E-state index in [2.05, 4.69) is 5.32 Å². The zero-order chi connectivity index (χ0) is 14.0. The summed E-state index contributed by atoms with van der Waals surface area (Å²) >= 11 is 0. The Morgan fingerprint density at radius 3 is 2.39 bits per heavy atom. The topological polar surface area (TPSA) is 113 Å². The summed E-state index contributed by atoms with van der Waals surface area (Å²) in [6, 6.07) is -1.15. The van der Waals surface area contributed by atoms with Gasteiger partial charge < -0.3 is 20.3 Å². The summed E-state index contributed by atoms with van der Waals surface area (Å²) in [5.74, 6) is -2.73. The molecule has 0 rings (SSSR count). The molecule has 0 aromatic carbocycles. The highest BCUT2D eigenvalue weighted by Gasteiger charge is 2.20. The number of ether oxygens (including phenoxy) is 1. The maximum Gasteiger partial charge on any atom is 0.326 e. The number of nitrogens with one attached hydrogen (secondary N) is 1. The number of hydrogen-bond acceptors (Lipinski definition) is 4. The molecule has 0 aromatic rings. The molecule has 1 amide bonds. The van der Waals surface area contributed by atoms with Crippen LogP contribution in [0.4, 0.5) is 0 Å². The molecule has 7 nitrogen and oxygen atoms in total. The van der Waals surface area contributed by atoms with Crippen LogP contribution < -0.4 is 5.32 Å². The molecule has 0 aliphatic heterocycles. The van der Waals surface area contributed by atoms with E-state index in [1.165, 1.54) is 0 Å². The Bertz CT molecular complexity index is 291. The van der Waals surface area contributed by atoms with Gasteiger partial charge >= 0.3 is 11.9 Å². The Hall–Kier alpha value is -1.63. The number of carbonyl (C=O) groups is 3. The standard InChI is InChI=1S/C11H19NO6/c1-2-18-7-3-4-9(13)12-8(11(16)17)5-6-10(14)15/h8H,2-7H2,1H3,(H,12,13)(H,14,15)(H,16,17)/t8-/m0/s1. The Labute approximate surface area is 105 Å². The fraction of sp³-hybridized carbons (Fsp3) is 0.727. The van der Waals surface area contributed by atoms with E-state index < -0.39 is 23.9 Å². The van der Waals surface area contributed by atoms with Gasteiger partial charge in [0.05, 0.1) is 0 Å². The van der Waals surface area contributed by atoms with Gasteiger partial charge in [-0.2, -0.15) is 0 Å². The van der Waals surface area contributed by atoms with Crippen molar-refractivity contribution < 1.29 is 29.3 Å². The third kappa shape index (κ3) is 8.51. The minimum Gasteiger partial charge on any atom is -0.481 e. The quantitative estimate of drug-likeness (QED) is 0.485. The molecule has 0 bridgehead atoms. The molecule has 7 heteroatoms. The molecule has 0 saturated heterocycles. The van der Waals surface area contributed by atoms with E-state index in [0.717, 1.165) is 0 Å². The van der Waals surface area contributed by atoms with Crippen LogP contribution in [0.3, 0.4) is 0 Å². The summed E-state index contributed by atoms with van der Waals surface area (Å²) in [4.78, 5) is 32.5. The summed E-state index contributed by atoms with van der Waals surface area (Å²) < 4.78 is 5.04. The lowest BCUT2D eigenvalue weighted by Gasteiger charge is -2.13. The first-order valence-corrected chi connectivity index (χ1v) is 5.79. The lowest BCUT2D eigenvalue weighted by atomic mass is 10.1. The van der Waals surface area contributed by atoms with Gasteiger partial charge in [-0.25, -0.2) is 4.79 Å². The van der Waals surface area contributed by atoms with Crippen LogP contribution in [0.2, 0.25) is 0 Å². The van der Waals surface area contributed by atoms with Gasteiger partial charge in [0, 0.05) is 26.1 Å². The molecule has 3 N–H and O–H groups in total. The van der Waals surface area contributed by atoms with Gasteiger partial charge in [0.15, 0.2) is 0 Å². The van der Waals surface area contributed by atoms with Crippen molar-refractivity contribution in [1.82, 2.24) is 5.32 Å². The normalized spacial score (nSPS) is 11.8. The van der Waals surface area contributed by atoms with Crippen molar-refractivity contribution >= 4 is 17.8 Å². The average molecular weight is 261 g/mol. The summed E-state index contributed by atoms with van der Waals surface area (Å²) in [5, 5.41) is 19.6. The summed E-state index contributed by atoms with van der Waals surface area (Å²) in [6.45, 7) is 2.85. The molecule has 0 radical (unpaired) electrons. The van der Waals surface area contributed by atoms with Crippen molar-refractivity contribution in [2.45, 2.75) is 38.6 Å². The fourth-order valence-corrected chi connectivity index (χ4v) is 1.27. The lowest BCUT2D eigenvalue weighted by Crippen LogP contribution is -2.41. The molecule has 1 atom stereocenters. The van der Waals surface area contributed by atoms with Crippen LogP contribution in [-0.2, 0) is 19.1 Å². The van der Waals surface area contributed by atoms with Crippen molar-refractivity contribution in [3.8, 4) is 0 Å². The molecular weight excluding hydrogens is 242 g/mol. The van der Waals surface area contributed by atoms with Crippen LogP contribution in [0.5, 0.6) is 0 Å². The van der Waals surface area contributed by atoms with Gasteiger partial charge in [-0.3, -0.25) is 9.59 Å². The van der Waals surface area contributed by atoms with Gasteiger partial charge in [-0.15, -0.1) is 0 Å². The largest absolute Gasteiger partial charge is 0.481 e. The molecule has 18 heavy (non-hydrogen) atoms. The minimum absolute atomic E-state index is 0.123. The lowest BCUT2D eigenvalue weighted by molar-refractivity contribution is -0.143. The van der Waals surface area contributed by atoms with Crippen LogP contribution in [-0.4, -0.2) is 47.3 Å². The van der Waals surface area contributed by atoms with Gasteiger partial charge in [0.25, 0.3) is 0 Å². The van der Waals surface area contributed by atoms with Gasteiger partial charge in [0.2, 0.25) is 5.91 Å². The average Bonchev–Trinajstić information content (AvgIpc) is 2.29. The van der Waals surface area contributed by atoms with Crippen molar-refractivity contribution in [3.05, 3.63) is 0 Å². The first kappa shape index (κ1) is 16.4. The van der Waals surface area contributed by atoms with E-state index in [1.807, 2.05) is 6.92 Å². The predicted octanol–water partition coefficient (Wildman–Crippen LogP) is 0.237. The highest BCUT2D eigenvalue weighted by atomic mass is 16.5. The van der Waals surface area contributed by atoms with Crippen LogP contribution in [0, 0.1) is 0 Å². The Kier molecular flexibility index (Phi) is 8.55. The van der Waals surface area contributed by atoms with Crippen molar-refractivity contribution in [2.75, 3.05) is 13.2 Å². The second-order valence-electron chi connectivity index (χ2n) is 3.69. The molecule has 104 valence electrons. The fourth-order valence-electron chi connectivity index (χ4n) is 1.27. The highest BCUT2D eigenvalue weighted by Crippen LogP contribution is 2.00. The third-order valence-electron chi connectivity index (χ3n) is 2.18. The molecule has 0 heterocycles. The van der Waals surface area contributed by atoms with Crippen LogP contribution in [0.1, 0.15) is 32.6 Å². The summed E-state index contributed by atoms with van der Waals surface area (Å²) in [5.41, 5.74) is 0. The molecule has 0 spiro atoms. The van der Waals surface area contributed by atoms with Gasteiger partial charge in [-0.05, 0) is 19.8 Å². The molecule has 0 fully saturated rings. The molecule has 0 unspecified atom stereocenters. The Balaban J connectivity index is 3.96. The molecule has 0 aliphatic rings. The number of aliphatic carboxylic acids is 2. The summed E-state index contributed by atoms with van der Waals surface area (Å²) in [7, 11) is 0. The maximum absolute atomic E-state index is 11.4. The zero-order valence-electron chi connectivity index (χ0n) is 10.3. The van der Waals surface area contributed by atoms with Crippen molar-refractivity contribution in [3.63, 3.8) is 0 Å². The number of carbonyl (C=O) groups excluding carboxylic acids is 1. The molecule has 0 saturated carbocycles. The van der Waals surface area contributed by atoms with E-state index in [1.54, 1.807) is 0 Å². The highest BCUT2D eigenvalue weighted by molar-refractivity contribution is 5.83. The summed E-state index contributed by atoms with van der Waals surface area (Å²) in [6.07, 6.45) is 0.250. The second kappa shape index (κ2) is 9.41.